The number of carbonyl (C=O) groups is 3. The summed E-state index contributed by atoms with van der Waals surface area (Å²) in [4.78, 5) is 40.1. The fourth-order valence-electron chi connectivity index (χ4n) is 5.47. The number of imide groups is 1. The van der Waals surface area contributed by atoms with Gasteiger partial charge in [0, 0.05) is 25.1 Å². The smallest absolute Gasteiger partial charge is 0.322 e. The highest BCUT2D eigenvalue weighted by atomic mass is 35.5. The van der Waals surface area contributed by atoms with Crippen molar-refractivity contribution < 1.29 is 31.9 Å². The van der Waals surface area contributed by atoms with Gasteiger partial charge in [0.15, 0.2) is 0 Å². The molecule has 0 bridgehead atoms. The lowest BCUT2D eigenvalue weighted by molar-refractivity contribution is -0.138. The molecule has 0 spiro atoms. The number of rotatable bonds is 4. The molecule has 2 fully saturated rings. The fourth-order valence-corrected chi connectivity index (χ4v) is 5.78. The first-order chi connectivity index (χ1) is 17.5. The Balaban J connectivity index is 1.24. The van der Waals surface area contributed by atoms with Gasteiger partial charge < -0.3 is 4.90 Å². The molecule has 1 atom stereocenters. The second-order valence-corrected chi connectivity index (χ2v) is 10.2. The van der Waals surface area contributed by atoms with Crippen LogP contribution in [0.5, 0.6) is 0 Å². The molecule has 2 aromatic carbocycles. The zero-order chi connectivity index (χ0) is 26.5. The number of piperidine rings is 2. The summed E-state index contributed by atoms with van der Waals surface area (Å²) < 4.78 is 54.0. The number of nitrogens with zero attached hydrogens (tertiary/aromatic N) is 2. The molecule has 196 valence electrons. The average Bonchev–Trinajstić information content (AvgIpc) is 3.13. The molecule has 5 rings (SSSR count). The molecule has 37 heavy (non-hydrogen) atoms. The van der Waals surface area contributed by atoms with Crippen molar-refractivity contribution in [1.82, 2.24) is 15.1 Å². The van der Waals surface area contributed by atoms with E-state index >= 15 is 4.39 Å². The van der Waals surface area contributed by atoms with Crippen molar-refractivity contribution in [2.75, 3.05) is 13.1 Å². The highest BCUT2D eigenvalue weighted by Gasteiger charge is 2.40. The van der Waals surface area contributed by atoms with Crippen LogP contribution in [0.2, 0.25) is 5.02 Å². The van der Waals surface area contributed by atoms with Crippen molar-refractivity contribution >= 4 is 29.3 Å². The summed E-state index contributed by atoms with van der Waals surface area (Å²) in [6, 6.07) is 5.95. The van der Waals surface area contributed by atoms with Crippen molar-refractivity contribution in [2.24, 2.45) is 0 Å². The third-order valence-corrected chi connectivity index (χ3v) is 7.73. The van der Waals surface area contributed by atoms with Crippen molar-refractivity contribution in [1.29, 1.82) is 0 Å². The molecule has 0 saturated carbocycles. The van der Waals surface area contributed by atoms with Gasteiger partial charge in [-0.05, 0) is 73.2 Å². The topological polar surface area (TPSA) is 69.7 Å². The molecular formula is C26H24ClF4N3O3. The van der Waals surface area contributed by atoms with Crippen LogP contribution in [0.4, 0.5) is 17.6 Å². The lowest BCUT2D eigenvalue weighted by Crippen LogP contribution is -2.52. The van der Waals surface area contributed by atoms with Crippen molar-refractivity contribution in [3.63, 3.8) is 0 Å². The van der Waals surface area contributed by atoms with E-state index in [9.17, 15) is 27.6 Å². The zero-order valence-electron chi connectivity index (χ0n) is 19.7. The van der Waals surface area contributed by atoms with Crippen molar-refractivity contribution in [3.8, 4) is 0 Å². The Bertz CT molecular complexity index is 1270. The van der Waals surface area contributed by atoms with Crippen LogP contribution in [-0.4, -0.2) is 46.7 Å². The molecule has 6 nitrogen and oxygen atoms in total. The maximum Gasteiger partial charge on any atom is 0.417 e. The molecule has 0 aliphatic carbocycles. The molecule has 3 aliphatic heterocycles. The van der Waals surface area contributed by atoms with E-state index in [1.807, 2.05) is 0 Å². The van der Waals surface area contributed by atoms with E-state index in [0.29, 0.717) is 49.2 Å². The van der Waals surface area contributed by atoms with Crippen molar-refractivity contribution in [3.05, 3.63) is 69.0 Å². The Hall–Kier alpha value is -2.98. The Morgan fingerprint density at radius 3 is 2.41 bits per heavy atom. The Morgan fingerprint density at radius 1 is 1.03 bits per heavy atom. The number of likely N-dealkylation sites (tertiary alicyclic amines) is 1. The first-order valence-corrected chi connectivity index (χ1v) is 12.4. The van der Waals surface area contributed by atoms with E-state index in [1.54, 1.807) is 6.07 Å². The monoisotopic (exact) mass is 537 g/mol. The Labute approximate surface area is 215 Å². The van der Waals surface area contributed by atoms with Gasteiger partial charge in [-0.15, -0.1) is 0 Å². The molecule has 2 aromatic rings. The fraction of sp³-hybridized carbons (Fsp3) is 0.423. The largest absolute Gasteiger partial charge is 0.417 e. The number of nitrogens with one attached hydrogen (secondary N) is 1. The molecule has 0 radical (unpaired) electrons. The summed E-state index contributed by atoms with van der Waals surface area (Å²) in [5.74, 6) is -1.84. The van der Waals surface area contributed by atoms with Crippen LogP contribution < -0.4 is 5.32 Å². The molecule has 3 amide bonds. The average molecular weight is 538 g/mol. The van der Waals surface area contributed by atoms with Crippen LogP contribution in [0.1, 0.15) is 64.2 Å². The third-order valence-electron chi connectivity index (χ3n) is 7.41. The van der Waals surface area contributed by atoms with Crippen LogP contribution >= 0.6 is 11.6 Å². The quantitative estimate of drug-likeness (QED) is 0.456. The van der Waals surface area contributed by atoms with E-state index in [4.69, 9.17) is 11.6 Å². The predicted molar refractivity (Wildman–Crippen MR) is 126 cm³/mol. The van der Waals surface area contributed by atoms with Gasteiger partial charge in [0.1, 0.15) is 11.9 Å². The number of carbonyl (C=O) groups excluding carboxylic acids is 3. The van der Waals surface area contributed by atoms with Gasteiger partial charge in [-0.1, -0.05) is 23.7 Å². The summed E-state index contributed by atoms with van der Waals surface area (Å²) in [7, 11) is 0. The third kappa shape index (κ3) is 5.09. The Kier molecular flexibility index (Phi) is 6.74. The number of fused-ring (bicyclic) bond motifs is 1. The molecule has 3 aliphatic rings. The first-order valence-electron chi connectivity index (χ1n) is 12.1. The van der Waals surface area contributed by atoms with Gasteiger partial charge in [-0.3, -0.25) is 24.6 Å². The minimum absolute atomic E-state index is 0.0718. The van der Waals surface area contributed by atoms with Crippen LogP contribution in [0.3, 0.4) is 0 Å². The summed E-state index contributed by atoms with van der Waals surface area (Å²) in [6.07, 6.45) is -2.82. The lowest BCUT2D eigenvalue weighted by Gasteiger charge is -2.32. The standard InChI is InChI=1S/C26H24ClF4N3O3/c27-20-9-14(1-2-19(20)26(29,30)31)12-33-7-5-15(6-8-33)17-10-16-13-34(25(37)18(16)11-21(17)28)22-3-4-23(35)32-24(22)36/h1-2,9-11,15,22H,3-8,12-13H2,(H,32,35,36). The molecule has 1 N–H and O–H groups in total. The van der Waals surface area contributed by atoms with E-state index in [0.717, 1.165) is 6.07 Å². The van der Waals surface area contributed by atoms with Gasteiger partial charge >= 0.3 is 6.18 Å². The number of hydrogen-bond acceptors (Lipinski definition) is 4. The number of alkyl halides is 3. The van der Waals surface area contributed by atoms with E-state index in [1.165, 1.54) is 23.1 Å². The highest BCUT2D eigenvalue weighted by Crippen LogP contribution is 2.37. The molecule has 1 unspecified atom stereocenters. The van der Waals surface area contributed by atoms with E-state index in [-0.39, 0.29) is 41.8 Å². The van der Waals surface area contributed by atoms with Crippen LogP contribution in [0.15, 0.2) is 30.3 Å². The van der Waals surface area contributed by atoms with Crippen LogP contribution in [0.25, 0.3) is 0 Å². The SMILES string of the molecule is O=C1CCC(N2Cc3cc(C4CCN(Cc5ccc(C(F)(F)F)c(Cl)c5)CC4)c(F)cc3C2=O)C(=O)N1. The van der Waals surface area contributed by atoms with Crippen LogP contribution in [0, 0.1) is 5.82 Å². The normalized spacial score (nSPS) is 21.4. The molecule has 11 heteroatoms. The summed E-state index contributed by atoms with van der Waals surface area (Å²) >= 11 is 5.84. The lowest BCUT2D eigenvalue weighted by atomic mass is 9.87. The van der Waals surface area contributed by atoms with Crippen molar-refractivity contribution in [2.45, 2.75) is 56.9 Å². The summed E-state index contributed by atoms with van der Waals surface area (Å²) in [5, 5.41) is 1.92. The summed E-state index contributed by atoms with van der Waals surface area (Å²) in [6.45, 7) is 1.87. The van der Waals surface area contributed by atoms with Gasteiger partial charge in [-0.25, -0.2) is 4.39 Å². The van der Waals surface area contributed by atoms with Gasteiger partial charge in [0.05, 0.1) is 10.6 Å². The van der Waals surface area contributed by atoms with Gasteiger partial charge in [0.25, 0.3) is 5.91 Å². The molecule has 0 aromatic heterocycles. The van der Waals surface area contributed by atoms with E-state index in [2.05, 4.69) is 10.2 Å². The number of amides is 3. The predicted octanol–water partition coefficient (Wildman–Crippen LogP) is 4.64. The number of benzene rings is 2. The maximum atomic E-state index is 15.1. The second kappa shape index (κ2) is 9.72. The van der Waals surface area contributed by atoms with E-state index < -0.39 is 35.4 Å². The highest BCUT2D eigenvalue weighted by molar-refractivity contribution is 6.31. The number of halogens is 5. The number of hydrogen-bond donors (Lipinski definition) is 1. The minimum atomic E-state index is -4.50. The molecule has 3 heterocycles. The zero-order valence-corrected chi connectivity index (χ0v) is 20.5. The van der Waals surface area contributed by atoms with Gasteiger partial charge in [-0.2, -0.15) is 13.2 Å². The molecule has 2 saturated heterocycles. The Morgan fingerprint density at radius 2 is 1.76 bits per heavy atom. The second-order valence-electron chi connectivity index (χ2n) is 9.79. The summed E-state index contributed by atoms with van der Waals surface area (Å²) in [5.41, 5.74) is 1.23. The van der Waals surface area contributed by atoms with Crippen LogP contribution in [-0.2, 0) is 28.9 Å². The maximum absolute atomic E-state index is 15.1. The molecular weight excluding hydrogens is 514 g/mol. The van der Waals surface area contributed by atoms with Gasteiger partial charge in [0.2, 0.25) is 11.8 Å². The minimum Gasteiger partial charge on any atom is -0.322 e. The first kappa shape index (κ1) is 25.7.